The molecule has 1 saturated carbocycles. The molecule has 1 aliphatic rings. The third kappa shape index (κ3) is 10.8. The first-order valence-corrected chi connectivity index (χ1v) is 16.5. The second-order valence-corrected chi connectivity index (χ2v) is 11.8. The molecule has 4 nitrogen and oxygen atoms in total. The monoisotopic (exact) mass is 614 g/mol. The number of carbonyl (C=O) groups is 1. The fourth-order valence-electron chi connectivity index (χ4n) is 5.85. The number of hydrogen-bond acceptors (Lipinski definition) is 4. The molecule has 3 aromatic carbocycles. The van der Waals surface area contributed by atoms with Gasteiger partial charge < -0.3 is 14.2 Å². The highest BCUT2D eigenvalue weighted by atomic mass is 16.7. The van der Waals surface area contributed by atoms with E-state index in [9.17, 15) is 4.79 Å². The lowest BCUT2D eigenvalue weighted by Crippen LogP contribution is -2.20. The summed E-state index contributed by atoms with van der Waals surface area (Å²) >= 11 is 0. The smallest absolute Gasteiger partial charge is 0.330 e. The van der Waals surface area contributed by atoms with E-state index in [1.165, 1.54) is 48.3 Å². The van der Waals surface area contributed by atoms with Gasteiger partial charge in [-0.1, -0.05) is 87.8 Å². The number of ether oxygens (including phenoxy) is 3. The van der Waals surface area contributed by atoms with Crippen LogP contribution in [0.2, 0.25) is 0 Å². The van der Waals surface area contributed by atoms with Gasteiger partial charge in [0.15, 0.2) is 6.79 Å². The molecule has 238 valence electrons. The number of benzene rings is 3. The molecule has 0 aromatic heterocycles. The number of hydrogen-bond donors (Lipinski definition) is 0. The SMILES string of the molecule is C=COCOCc1ccc(C#Cc2c(CC)cc(C#Cc3ccc(CCC4CCC(COC(=O)C=C)CC4)cc3)cc2CC)cc1. The predicted molar refractivity (Wildman–Crippen MR) is 186 cm³/mol. The van der Waals surface area contributed by atoms with E-state index in [2.05, 4.69) is 87.1 Å². The first-order chi connectivity index (χ1) is 22.5. The summed E-state index contributed by atoms with van der Waals surface area (Å²) in [6.07, 6.45) is 11.4. The minimum atomic E-state index is -0.317. The average molecular weight is 615 g/mol. The van der Waals surface area contributed by atoms with Crippen molar-refractivity contribution in [1.29, 1.82) is 0 Å². The van der Waals surface area contributed by atoms with Crippen molar-refractivity contribution in [1.82, 2.24) is 0 Å². The summed E-state index contributed by atoms with van der Waals surface area (Å²) < 4.78 is 15.7. The molecule has 1 fully saturated rings. The van der Waals surface area contributed by atoms with E-state index in [1.807, 2.05) is 24.3 Å². The maximum atomic E-state index is 11.3. The third-order valence-electron chi connectivity index (χ3n) is 8.63. The van der Waals surface area contributed by atoms with E-state index in [-0.39, 0.29) is 12.8 Å². The van der Waals surface area contributed by atoms with Crippen LogP contribution < -0.4 is 0 Å². The summed E-state index contributed by atoms with van der Waals surface area (Å²) in [6, 6.07) is 21.2. The molecule has 0 radical (unpaired) electrons. The molecule has 0 bridgehead atoms. The van der Waals surface area contributed by atoms with Crippen molar-refractivity contribution in [3.63, 3.8) is 0 Å². The Morgan fingerprint density at radius 1 is 0.783 bits per heavy atom. The molecule has 0 spiro atoms. The molecular weight excluding hydrogens is 568 g/mol. The van der Waals surface area contributed by atoms with E-state index in [0.29, 0.717) is 19.1 Å². The van der Waals surface area contributed by atoms with Gasteiger partial charge in [0.2, 0.25) is 0 Å². The first-order valence-electron chi connectivity index (χ1n) is 16.5. The van der Waals surface area contributed by atoms with Crippen molar-refractivity contribution in [2.75, 3.05) is 13.4 Å². The minimum Gasteiger partial charge on any atom is -0.476 e. The number of rotatable bonds is 13. The average Bonchev–Trinajstić information content (AvgIpc) is 3.10. The van der Waals surface area contributed by atoms with Crippen LogP contribution >= 0.6 is 0 Å². The Bertz CT molecular complexity index is 1540. The van der Waals surface area contributed by atoms with Gasteiger partial charge in [0.05, 0.1) is 19.5 Å². The molecule has 4 rings (SSSR count). The molecule has 0 unspecified atom stereocenters. The lowest BCUT2D eigenvalue weighted by atomic mass is 9.80. The van der Waals surface area contributed by atoms with Gasteiger partial charge in [-0.25, -0.2) is 4.79 Å². The highest BCUT2D eigenvalue weighted by Crippen LogP contribution is 2.32. The van der Waals surface area contributed by atoms with Crippen molar-refractivity contribution in [3.05, 3.63) is 131 Å². The summed E-state index contributed by atoms with van der Waals surface area (Å²) in [4.78, 5) is 11.3. The van der Waals surface area contributed by atoms with Crippen molar-refractivity contribution >= 4 is 5.97 Å². The Kier molecular flexibility index (Phi) is 13.8. The largest absolute Gasteiger partial charge is 0.476 e. The highest BCUT2D eigenvalue weighted by molar-refractivity contribution is 5.81. The van der Waals surface area contributed by atoms with Crippen LogP contribution in [0.5, 0.6) is 0 Å². The maximum absolute atomic E-state index is 11.3. The summed E-state index contributed by atoms with van der Waals surface area (Å²) in [5.74, 6) is 14.5. The van der Waals surface area contributed by atoms with E-state index < -0.39 is 0 Å². The van der Waals surface area contributed by atoms with Gasteiger partial charge in [-0.3, -0.25) is 0 Å². The first kappa shape index (κ1) is 34.4. The van der Waals surface area contributed by atoms with Gasteiger partial charge in [0.25, 0.3) is 0 Å². The molecule has 0 aliphatic heterocycles. The van der Waals surface area contributed by atoms with E-state index in [0.717, 1.165) is 65.8 Å². The summed E-state index contributed by atoms with van der Waals surface area (Å²) in [6.45, 7) is 12.5. The Morgan fingerprint density at radius 3 is 1.93 bits per heavy atom. The van der Waals surface area contributed by atoms with Crippen LogP contribution in [0.1, 0.15) is 90.5 Å². The lowest BCUT2D eigenvalue weighted by molar-refractivity contribution is -0.139. The second kappa shape index (κ2) is 18.5. The molecule has 0 heterocycles. The van der Waals surface area contributed by atoms with Crippen molar-refractivity contribution in [2.24, 2.45) is 11.8 Å². The molecule has 46 heavy (non-hydrogen) atoms. The fourth-order valence-corrected chi connectivity index (χ4v) is 5.85. The molecular formula is C42H46O4. The Morgan fingerprint density at radius 2 is 1.35 bits per heavy atom. The summed E-state index contributed by atoms with van der Waals surface area (Å²) in [7, 11) is 0. The van der Waals surface area contributed by atoms with Crippen LogP contribution in [-0.2, 0) is 44.9 Å². The molecule has 0 atom stereocenters. The zero-order chi connectivity index (χ0) is 32.6. The maximum Gasteiger partial charge on any atom is 0.330 e. The minimum absolute atomic E-state index is 0.195. The second-order valence-electron chi connectivity index (χ2n) is 11.8. The number of aryl methyl sites for hydroxylation is 3. The van der Waals surface area contributed by atoms with Crippen LogP contribution in [0.25, 0.3) is 0 Å². The topological polar surface area (TPSA) is 44.8 Å². The molecule has 0 saturated heterocycles. The van der Waals surface area contributed by atoms with Gasteiger partial charge in [-0.2, -0.15) is 0 Å². The van der Waals surface area contributed by atoms with Crippen LogP contribution in [0, 0.1) is 35.5 Å². The number of carbonyl (C=O) groups excluding carboxylic acids is 1. The van der Waals surface area contributed by atoms with E-state index in [1.54, 1.807) is 0 Å². The molecule has 0 N–H and O–H groups in total. The zero-order valence-corrected chi connectivity index (χ0v) is 27.4. The van der Waals surface area contributed by atoms with Crippen LogP contribution in [0.3, 0.4) is 0 Å². The predicted octanol–water partition coefficient (Wildman–Crippen LogP) is 8.71. The summed E-state index contributed by atoms with van der Waals surface area (Å²) in [5.41, 5.74) is 9.02. The Labute approximate surface area is 275 Å². The fraction of sp³-hybridized carbons (Fsp3) is 0.357. The van der Waals surface area contributed by atoms with Crippen molar-refractivity contribution in [3.8, 4) is 23.7 Å². The molecule has 3 aromatic rings. The van der Waals surface area contributed by atoms with E-state index >= 15 is 0 Å². The van der Waals surface area contributed by atoms with Crippen LogP contribution in [0.4, 0.5) is 0 Å². The van der Waals surface area contributed by atoms with Crippen molar-refractivity contribution < 1.29 is 19.0 Å². The number of esters is 1. The van der Waals surface area contributed by atoms with E-state index in [4.69, 9.17) is 14.2 Å². The van der Waals surface area contributed by atoms with Crippen molar-refractivity contribution in [2.45, 2.75) is 71.8 Å². The summed E-state index contributed by atoms with van der Waals surface area (Å²) in [5, 5.41) is 0. The van der Waals surface area contributed by atoms with Gasteiger partial charge >= 0.3 is 5.97 Å². The van der Waals surface area contributed by atoms with Crippen LogP contribution in [-0.4, -0.2) is 19.4 Å². The molecule has 1 aliphatic carbocycles. The van der Waals surface area contributed by atoms with Gasteiger partial charge in [0, 0.05) is 28.3 Å². The standard InChI is InChI=1S/C42H46O4/c1-5-39-27-38(28-40(6-2)41(39)26-25-35-15-20-36(21-16-35)29-45-31-44-8-4)24-19-33-12-9-32(10-13-33)11-14-34-17-22-37(23-18-34)30-46-42(43)7-3/h7-10,12-13,15-16,20-21,27-28,34,37H,3-6,11,14,17-18,22-23,29-31H2,1-2H3. The van der Waals surface area contributed by atoms with Gasteiger partial charge in [-0.05, 0) is 109 Å². The Balaban J connectivity index is 1.33. The zero-order valence-electron chi connectivity index (χ0n) is 27.4. The molecule has 4 heteroatoms. The van der Waals surface area contributed by atoms with Gasteiger partial charge in [0.1, 0.15) is 0 Å². The van der Waals surface area contributed by atoms with Crippen LogP contribution in [0.15, 0.2) is 86.2 Å². The molecule has 0 amide bonds. The quantitative estimate of drug-likeness (QED) is 0.0483. The Hall–Kier alpha value is -4.51. The van der Waals surface area contributed by atoms with Gasteiger partial charge in [-0.15, -0.1) is 0 Å². The third-order valence-corrected chi connectivity index (χ3v) is 8.63. The normalized spacial score (nSPS) is 15.4. The lowest BCUT2D eigenvalue weighted by Gasteiger charge is -2.28. The highest BCUT2D eigenvalue weighted by Gasteiger charge is 2.22.